The molecule has 108 valence electrons. The van der Waals surface area contributed by atoms with Crippen molar-refractivity contribution in [2.45, 2.75) is 6.92 Å². The van der Waals surface area contributed by atoms with Gasteiger partial charge in [0, 0.05) is 15.6 Å². The number of anilines is 1. The average molecular weight is 365 g/mol. The Morgan fingerprint density at radius 2 is 2.00 bits per heavy atom. The van der Waals surface area contributed by atoms with E-state index in [2.05, 4.69) is 21.2 Å². The third kappa shape index (κ3) is 3.59. The van der Waals surface area contributed by atoms with Gasteiger partial charge < -0.3 is 16.2 Å². The van der Waals surface area contributed by atoms with Crippen LogP contribution < -0.4 is 11.1 Å². The summed E-state index contributed by atoms with van der Waals surface area (Å²) in [4.78, 5) is 12.5. The Morgan fingerprint density at radius 1 is 1.29 bits per heavy atom. The first-order valence-electron chi connectivity index (χ1n) is 6.09. The van der Waals surface area contributed by atoms with E-state index in [1.54, 1.807) is 37.3 Å². The van der Waals surface area contributed by atoms with Crippen molar-refractivity contribution >= 4 is 44.7 Å². The number of hydrogen-bond acceptors (Lipinski definition) is 3. The Morgan fingerprint density at radius 3 is 2.62 bits per heavy atom. The van der Waals surface area contributed by atoms with E-state index in [1.165, 1.54) is 6.07 Å². The lowest BCUT2D eigenvalue weighted by Crippen LogP contribution is -2.17. The molecule has 4 N–H and O–H groups in total. The van der Waals surface area contributed by atoms with Crippen molar-refractivity contribution in [3.8, 4) is 5.75 Å². The fourth-order valence-corrected chi connectivity index (χ4v) is 2.35. The molecular formula is C15H13BrN2O2S. The second-order valence-electron chi connectivity index (χ2n) is 4.51. The van der Waals surface area contributed by atoms with Gasteiger partial charge in [-0.05, 0) is 48.9 Å². The van der Waals surface area contributed by atoms with Crippen molar-refractivity contribution < 1.29 is 9.90 Å². The molecule has 0 aliphatic rings. The molecule has 0 radical (unpaired) electrons. The van der Waals surface area contributed by atoms with E-state index in [4.69, 9.17) is 18.0 Å². The molecule has 0 unspecified atom stereocenters. The molecule has 0 atom stereocenters. The van der Waals surface area contributed by atoms with Crippen LogP contribution in [0.25, 0.3) is 0 Å². The fourth-order valence-electron chi connectivity index (χ4n) is 1.82. The molecule has 0 aliphatic heterocycles. The molecule has 2 aromatic carbocycles. The zero-order valence-corrected chi connectivity index (χ0v) is 13.6. The SMILES string of the molecule is Cc1cc(C(=O)Nc2ccc(Br)cc2C(N)=S)ccc1O. The highest BCUT2D eigenvalue weighted by Crippen LogP contribution is 2.23. The number of benzene rings is 2. The molecule has 0 heterocycles. The number of carbonyl (C=O) groups excluding carboxylic acids is 1. The summed E-state index contributed by atoms with van der Waals surface area (Å²) in [6.07, 6.45) is 0. The number of nitrogens with one attached hydrogen (secondary N) is 1. The van der Waals surface area contributed by atoms with Crippen molar-refractivity contribution in [2.24, 2.45) is 5.73 Å². The number of aryl methyl sites for hydroxylation is 1. The van der Waals surface area contributed by atoms with E-state index in [0.29, 0.717) is 22.4 Å². The molecule has 6 heteroatoms. The number of aromatic hydroxyl groups is 1. The summed E-state index contributed by atoms with van der Waals surface area (Å²) in [5.74, 6) is -0.142. The normalized spacial score (nSPS) is 10.2. The van der Waals surface area contributed by atoms with Gasteiger partial charge in [0.15, 0.2) is 0 Å². The smallest absolute Gasteiger partial charge is 0.255 e. The van der Waals surface area contributed by atoms with E-state index in [0.717, 1.165) is 4.47 Å². The maximum atomic E-state index is 12.2. The van der Waals surface area contributed by atoms with Crippen LogP contribution in [0.1, 0.15) is 21.5 Å². The minimum atomic E-state index is -0.294. The number of amides is 1. The predicted octanol–water partition coefficient (Wildman–Crippen LogP) is 3.35. The highest BCUT2D eigenvalue weighted by molar-refractivity contribution is 9.10. The molecule has 0 fully saturated rings. The van der Waals surface area contributed by atoms with Crippen molar-refractivity contribution in [3.05, 3.63) is 57.6 Å². The first kappa shape index (κ1) is 15.5. The number of nitrogens with two attached hydrogens (primary N) is 1. The summed E-state index contributed by atoms with van der Waals surface area (Å²) in [5, 5.41) is 12.3. The van der Waals surface area contributed by atoms with Crippen LogP contribution in [-0.4, -0.2) is 16.0 Å². The lowest BCUT2D eigenvalue weighted by molar-refractivity contribution is 0.102. The zero-order valence-electron chi connectivity index (χ0n) is 11.2. The highest BCUT2D eigenvalue weighted by Gasteiger charge is 2.12. The largest absolute Gasteiger partial charge is 0.508 e. The number of carbonyl (C=O) groups is 1. The van der Waals surface area contributed by atoms with E-state index in [9.17, 15) is 9.90 Å². The molecular weight excluding hydrogens is 352 g/mol. The predicted molar refractivity (Wildman–Crippen MR) is 90.8 cm³/mol. The molecule has 1 amide bonds. The van der Waals surface area contributed by atoms with Gasteiger partial charge in [0.05, 0.1) is 5.69 Å². The molecule has 0 saturated heterocycles. The molecule has 0 aromatic heterocycles. The van der Waals surface area contributed by atoms with Crippen LogP contribution in [0.2, 0.25) is 0 Å². The Bertz CT molecular complexity index is 732. The van der Waals surface area contributed by atoms with E-state index in [-0.39, 0.29) is 16.6 Å². The summed E-state index contributed by atoms with van der Waals surface area (Å²) in [7, 11) is 0. The highest BCUT2D eigenvalue weighted by atomic mass is 79.9. The van der Waals surface area contributed by atoms with Gasteiger partial charge >= 0.3 is 0 Å². The van der Waals surface area contributed by atoms with E-state index < -0.39 is 0 Å². The van der Waals surface area contributed by atoms with Gasteiger partial charge in [-0.15, -0.1) is 0 Å². The van der Waals surface area contributed by atoms with Crippen molar-refractivity contribution in [3.63, 3.8) is 0 Å². The molecule has 4 nitrogen and oxygen atoms in total. The van der Waals surface area contributed by atoms with Crippen LogP contribution in [0, 0.1) is 6.92 Å². The monoisotopic (exact) mass is 364 g/mol. The van der Waals surface area contributed by atoms with E-state index >= 15 is 0 Å². The minimum Gasteiger partial charge on any atom is -0.508 e. The van der Waals surface area contributed by atoms with Crippen molar-refractivity contribution in [2.75, 3.05) is 5.32 Å². The van der Waals surface area contributed by atoms with Gasteiger partial charge in [-0.2, -0.15) is 0 Å². The summed E-state index contributed by atoms with van der Waals surface area (Å²) < 4.78 is 0.823. The second kappa shape index (κ2) is 6.24. The molecule has 21 heavy (non-hydrogen) atoms. The fraction of sp³-hybridized carbons (Fsp3) is 0.0667. The van der Waals surface area contributed by atoms with Gasteiger partial charge in [-0.25, -0.2) is 0 Å². The summed E-state index contributed by atoms with van der Waals surface area (Å²) >= 11 is 8.33. The first-order valence-corrected chi connectivity index (χ1v) is 7.29. The molecule has 2 rings (SSSR count). The first-order chi connectivity index (χ1) is 9.88. The topological polar surface area (TPSA) is 75.4 Å². The molecule has 0 saturated carbocycles. The van der Waals surface area contributed by atoms with Gasteiger partial charge in [0.1, 0.15) is 10.7 Å². The van der Waals surface area contributed by atoms with Crippen LogP contribution in [0.5, 0.6) is 5.75 Å². The number of rotatable bonds is 3. The molecule has 2 aromatic rings. The third-order valence-electron chi connectivity index (χ3n) is 2.95. The number of halogens is 1. The van der Waals surface area contributed by atoms with Gasteiger partial charge in [-0.3, -0.25) is 4.79 Å². The number of thiocarbonyl (C=S) groups is 1. The van der Waals surface area contributed by atoms with Gasteiger partial charge in [0.2, 0.25) is 0 Å². The minimum absolute atomic E-state index is 0.152. The second-order valence-corrected chi connectivity index (χ2v) is 5.87. The molecule has 0 aliphatic carbocycles. The third-order valence-corrected chi connectivity index (χ3v) is 3.67. The zero-order chi connectivity index (χ0) is 15.6. The van der Waals surface area contributed by atoms with Crippen molar-refractivity contribution in [1.29, 1.82) is 0 Å². The Balaban J connectivity index is 2.31. The average Bonchev–Trinajstić information content (AvgIpc) is 2.43. The molecule has 0 bridgehead atoms. The van der Waals surface area contributed by atoms with Crippen LogP contribution in [0.4, 0.5) is 5.69 Å². The van der Waals surface area contributed by atoms with Gasteiger partial charge in [-0.1, -0.05) is 28.1 Å². The van der Waals surface area contributed by atoms with Crippen LogP contribution in [0.3, 0.4) is 0 Å². The Kier molecular flexibility index (Phi) is 4.59. The molecule has 0 spiro atoms. The van der Waals surface area contributed by atoms with Gasteiger partial charge in [0.25, 0.3) is 5.91 Å². The summed E-state index contributed by atoms with van der Waals surface area (Å²) in [6.45, 7) is 1.73. The number of phenols is 1. The van der Waals surface area contributed by atoms with Crippen LogP contribution >= 0.6 is 28.1 Å². The van der Waals surface area contributed by atoms with Crippen LogP contribution in [-0.2, 0) is 0 Å². The Hall–Kier alpha value is -1.92. The lowest BCUT2D eigenvalue weighted by Gasteiger charge is -2.11. The maximum absolute atomic E-state index is 12.2. The quantitative estimate of drug-likeness (QED) is 0.730. The van der Waals surface area contributed by atoms with Crippen molar-refractivity contribution in [1.82, 2.24) is 0 Å². The van der Waals surface area contributed by atoms with E-state index in [1.807, 2.05) is 0 Å². The maximum Gasteiger partial charge on any atom is 0.255 e. The lowest BCUT2D eigenvalue weighted by atomic mass is 10.1. The number of hydrogen-bond donors (Lipinski definition) is 3. The summed E-state index contributed by atoms with van der Waals surface area (Å²) in [5.41, 5.74) is 7.88. The standard InChI is InChI=1S/C15H13BrN2O2S/c1-8-6-9(2-5-13(8)19)15(20)18-12-4-3-10(16)7-11(12)14(17)21/h2-7,19H,1H3,(H2,17,21)(H,18,20). The Labute approximate surface area is 136 Å². The van der Waals surface area contributed by atoms with Crippen LogP contribution in [0.15, 0.2) is 40.9 Å². The number of phenolic OH excluding ortho intramolecular Hbond substituents is 1. The summed E-state index contributed by atoms with van der Waals surface area (Å²) in [6, 6.07) is 9.92.